The van der Waals surface area contributed by atoms with E-state index in [0.717, 1.165) is 49.5 Å². The first kappa shape index (κ1) is 14.3. The minimum Gasteiger partial charge on any atom is -0.356 e. The van der Waals surface area contributed by atoms with E-state index in [-0.39, 0.29) is 0 Å². The molecule has 2 heterocycles. The molecule has 1 aromatic rings. The molecule has 106 valence electrons. The molecule has 0 spiro atoms. The lowest BCUT2D eigenvalue weighted by Gasteiger charge is -2.36. The molecule has 0 aliphatic carbocycles. The van der Waals surface area contributed by atoms with E-state index in [1.165, 1.54) is 12.0 Å². The number of aryl methyl sites for hydroxylation is 1. The van der Waals surface area contributed by atoms with Crippen molar-refractivity contribution in [3.8, 4) is 0 Å². The lowest BCUT2D eigenvalue weighted by Crippen LogP contribution is -2.39. The van der Waals surface area contributed by atoms with Crippen molar-refractivity contribution < 1.29 is 0 Å². The molecule has 0 bridgehead atoms. The Balaban J connectivity index is 2.07. The van der Waals surface area contributed by atoms with E-state index >= 15 is 0 Å². The van der Waals surface area contributed by atoms with Gasteiger partial charge in [-0.25, -0.2) is 4.98 Å². The summed E-state index contributed by atoms with van der Waals surface area (Å²) in [6.07, 6.45) is 1.28. The SMILES string of the molecule is CCNCc1ccc(N2CCC(C)C(C)C2)nc1C. The molecule has 1 aliphatic heterocycles. The fourth-order valence-corrected chi connectivity index (χ4v) is 2.67. The second-order valence-electron chi connectivity index (χ2n) is 5.88. The van der Waals surface area contributed by atoms with Crippen LogP contribution in [0.5, 0.6) is 0 Å². The topological polar surface area (TPSA) is 28.2 Å². The van der Waals surface area contributed by atoms with Gasteiger partial charge in [-0.05, 0) is 43.4 Å². The molecule has 1 saturated heterocycles. The molecule has 2 atom stereocenters. The van der Waals surface area contributed by atoms with Gasteiger partial charge in [-0.2, -0.15) is 0 Å². The Labute approximate surface area is 117 Å². The molecule has 2 unspecified atom stereocenters. The fourth-order valence-electron chi connectivity index (χ4n) is 2.67. The van der Waals surface area contributed by atoms with Crippen LogP contribution in [0.3, 0.4) is 0 Å². The third kappa shape index (κ3) is 3.47. The maximum Gasteiger partial charge on any atom is 0.128 e. The summed E-state index contributed by atoms with van der Waals surface area (Å²) in [5.74, 6) is 2.75. The van der Waals surface area contributed by atoms with Crippen molar-refractivity contribution in [3.63, 3.8) is 0 Å². The average Bonchev–Trinajstić information content (AvgIpc) is 2.40. The van der Waals surface area contributed by atoms with Gasteiger partial charge in [0, 0.05) is 25.3 Å². The normalized spacial score (nSPS) is 23.7. The van der Waals surface area contributed by atoms with Crippen molar-refractivity contribution >= 4 is 5.82 Å². The Hall–Kier alpha value is -1.09. The molecule has 0 radical (unpaired) electrons. The Kier molecular flexibility index (Phi) is 4.81. The molecule has 19 heavy (non-hydrogen) atoms. The number of piperidine rings is 1. The van der Waals surface area contributed by atoms with E-state index in [4.69, 9.17) is 4.98 Å². The van der Waals surface area contributed by atoms with Crippen LogP contribution in [0.25, 0.3) is 0 Å². The molecule has 1 fully saturated rings. The summed E-state index contributed by atoms with van der Waals surface area (Å²) in [5.41, 5.74) is 2.47. The molecule has 1 N–H and O–H groups in total. The van der Waals surface area contributed by atoms with Gasteiger partial charge in [-0.1, -0.05) is 26.8 Å². The highest BCUT2D eigenvalue weighted by Gasteiger charge is 2.23. The molecule has 2 rings (SSSR count). The van der Waals surface area contributed by atoms with Gasteiger partial charge in [0.25, 0.3) is 0 Å². The van der Waals surface area contributed by atoms with Gasteiger partial charge in [0.1, 0.15) is 5.82 Å². The third-order valence-electron chi connectivity index (χ3n) is 4.40. The van der Waals surface area contributed by atoms with E-state index in [2.05, 4.69) is 50.0 Å². The van der Waals surface area contributed by atoms with Crippen LogP contribution in [-0.4, -0.2) is 24.6 Å². The second kappa shape index (κ2) is 6.38. The van der Waals surface area contributed by atoms with E-state index in [1.807, 2.05) is 0 Å². The van der Waals surface area contributed by atoms with Crippen LogP contribution in [0.15, 0.2) is 12.1 Å². The highest BCUT2D eigenvalue weighted by atomic mass is 15.2. The molecule has 1 aliphatic rings. The van der Waals surface area contributed by atoms with Gasteiger partial charge in [-0.3, -0.25) is 0 Å². The van der Waals surface area contributed by atoms with Crippen molar-refractivity contribution in [2.45, 2.75) is 40.7 Å². The average molecular weight is 261 g/mol. The van der Waals surface area contributed by atoms with Crippen LogP contribution >= 0.6 is 0 Å². The van der Waals surface area contributed by atoms with Crippen LogP contribution in [0, 0.1) is 18.8 Å². The molecule has 0 amide bonds. The number of hydrogen-bond donors (Lipinski definition) is 1. The predicted molar refractivity (Wildman–Crippen MR) is 81.5 cm³/mol. The van der Waals surface area contributed by atoms with Gasteiger partial charge < -0.3 is 10.2 Å². The Bertz CT molecular complexity index is 416. The number of hydrogen-bond acceptors (Lipinski definition) is 3. The van der Waals surface area contributed by atoms with E-state index in [0.29, 0.717) is 0 Å². The summed E-state index contributed by atoms with van der Waals surface area (Å²) >= 11 is 0. The van der Waals surface area contributed by atoms with Crippen LogP contribution < -0.4 is 10.2 Å². The lowest BCUT2D eigenvalue weighted by molar-refractivity contribution is 0.322. The van der Waals surface area contributed by atoms with Crippen molar-refractivity contribution in [1.82, 2.24) is 10.3 Å². The first-order chi connectivity index (χ1) is 9.11. The van der Waals surface area contributed by atoms with Crippen molar-refractivity contribution in [2.75, 3.05) is 24.5 Å². The van der Waals surface area contributed by atoms with E-state index in [1.54, 1.807) is 0 Å². The number of rotatable bonds is 4. The zero-order chi connectivity index (χ0) is 13.8. The van der Waals surface area contributed by atoms with Crippen LogP contribution in [-0.2, 0) is 6.54 Å². The zero-order valence-electron chi connectivity index (χ0n) is 12.7. The summed E-state index contributed by atoms with van der Waals surface area (Å²) < 4.78 is 0. The Morgan fingerprint density at radius 3 is 2.74 bits per heavy atom. The molecule has 3 heteroatoms. The highest BCUT2D eigenvalue weighted by Crippen LogP contribution is 2.26. The molecule has 1 aromatic heterocycles. The smallest absolute Gasteiger partial charge is 0.128 e. The summed E-state index contributed by atoms with van der Waals surface area (Å²) in [7, 11) is 0. The van der Waals surface area contributed by atoms with Gasteiger partial charge in [0.15, 0.2) is 0 Å². The molecule has 0 saturated carbocycles. The Morgan fingerprint density at radius 1 is 1.32 bits per heavy atom. The highest BCUT2D eigenvalue weighted by molar-refractivity contribution is 5.42. The maximum absolute atomic E-state index is 4.80. The minimum absolute atomic E-state index is 0.761. The van der Waals surface area contributed by atoms with Crippen LogP contribution in [0.1, 0.15) is 38.4 Å². The van der Waals surface area contributed by atoms with Crippen LogP contribution in [0.2, 0.25) is 0 Å². The summed E-state index contributed by atoms with van der Waals surface area (Å²) in [6.45, 7) is 13.2. The molecular formula is C16H27N3. The number of anilines is 1. The van der Waals surface area contributed by atoms with Gasteiger partial charge in [0.05, 0.1) is 0 Å². The monoisotopic (exact) mass is 261 g/mol. The summed E-state index contributed by atoms with van der Waals surface area (Å²) in [5, 5.41) is 3.36. The zero-order valence-corrected chi connectivity index (χ0v) is 12.7. The van der Waals surface area contributed by atoms with Crippen LogP contribution in [0.4, 0.5) is 5.82 Å². The predicted octanol–water partition coefficient (Wildman–Crippen LogP) is 2.98. The maximum atomic E-state index is 4.80. The van der Waals surface area contributed by atoms with Gasteiger partial charge >= 0.3 is 0 Å². The number of nitrogens with one attached hydrogen (secondary N) is 1. The second-order valence-corrected chi connectivity index (χ2v) is 5.88. The van der Waals surface area contributed by atoms with Gasteiger partial charge in [0.2, 0.25) is 0 Å². The standard InChI is InChI=1S/C16H27N3/c1-5-17-10-15-6-7-16(18-14(15)4)19-9-8-12(2)13(3)11-19/h6-7,12-13,17H,5,8-11H2,1-4H3. The summed E-state index contributed by atoms with van der Waals surface area (Å²) in [6, 6.07) is 4.41. The fraction of sp³-hybridized carbons (Fsp3) is 0.688. The minimum atomic E-state index is 0.761. The van der Waals surface area contributed by atoms with Crippen molar-refractivity contribution in [2.24, 2.45) is 11.8 Å². The van der Waals surface area contributed by atoms with Crippen molar-refractivity contribution in [3.05, 3.63) is 23.4 Å². The third-order valence-corrected chi connectivity index (χ3v) is 4.40. The molecule has 3 nitrogen and oxygen atoms in total. The first-order valence-corrected chi connectivity index (χ1v) is 7.54. The first-order valence-electron chi connectivity index (χ1n) is 7.54. The summed E-state index contributed by atoms with van der Waals surface area (Å²) in [4.78, 5) is 7.23. The Morgan fingerprint density at radius 2 is 2.11 bits per heavy atom. The molecule has 0 aromatic carbocycles. The van der Waals surface area contributed by atoms with E-state index in [9.17, 15) is 0 Å². The quantitative estimate of drug-likeness (QED) is 0.903. The van der Waals surface area contributed by atoms with Crippen molar-refractivity contribution in [1.29, 1.82) is 0 Å². The van der Waals surface area contributed by atoms with Gasteiger partial charge in [-0.15, -0.1) is 0 Å². The van der Waals surface area contributed by atoms with E-state index < -0.39 is 0 Å². The number of aromatic nitrogens is 1. The molecular weight excluding hydrogens is 234 g/mol. The lowest BCUT2D eigenvalue weighted by atomic mass is 9.89. The largest absolute Gasteiger partial charge is 0.356 e. The number of pyridine rings is 1. The number of nitrogens with zero attached hydrogens (tertiary/aromatic N) is 2.